The van der Waals surface area contributed by atoms with E-state index in [0.717, 1.165) is 18.7 Å². The van der Waals surface area contributed by atoms with Gasteiger partial charge in [0, 0.05) is 12.5 Å². The summed E-state index contributed by atoms with van der Waals surface area (Å²) in [7, 11) is 0. The highest BCUT2D eigenvalue weighted by Crippen LogP contribution is 2.22. The van der Waals surface area contributed by atoms with Crippen LogP contribution in [0.5, 0.6) is 11.6 Å². The van der Waals surface area contributed by atoms with Crippen LogP contribution in [-0.4, -0.2) is 9.97 Å². The number of hydrogen-bond acceptors (Lipinski definition) is 4. The van der Waals surface area contributed by atoms with Crippen LogP contribution in [0.15, 0.2) is 34.9 Å². The first-order valence-corrected chi connectivity index (χ1v) is 6.72. The molecule has 5 heteroatoms. The second kappa shape index (κ2) is 6.30. The zero-order chi connectivity index (χ0) is 13.7. The number of benzene rings is 1. The average molecular weight is 318 g/mol. The molecule has 0 N–H and O–H groups in total. The first kappa shape index (κ1) is 13.5. The Morgan fingerprint density at radius 3 is 2.89 bits per heavy atom. The minimum atomic E-state index is 0.473. The second-order valence-electron chi connectivity index (χ2n) is 3.94. The Bertz CT molecular complexity index is 622. The molecule has 19 heavy (non-hydrogen) atoms. The topological polar surface area (TPSA) is 58.8 Å². The van der Waals surface area contributed by atoms with Crippen molar-refractivity contribution in [3.05, 3.63) is 46.3 Å². The fourth-order valence-corrected chi connectivity index (χ4v) is 1.98. The highest BCUT2D eigenvalue weighted by molar-refractivity contribution is 9.10. The van der Waals surface area contributed by atoms with E-state index in [-0.39, 0.29) is 0 Å². The molecule has 0 aliphatic heterocycles. The van der Waals surface area contributed by atoms with Crippen molar-refractivity contribution in [3.8, 4) is 17.7 Å². The van der Waals surface area contributed by atoms with E-state index in [1.807, 2.05) is 0 Å². The molecule has 96 valence electrons. The molecule has 2 rings (SSSR count). The van der Waals surface area contributed by atoms with E-state index in [9.17, 15) is 0 Å². The van der Waals surface area contributed by atoms with Crippen LogP contribution in [0.25, 0.3) is 0 Å². The van der Waals surface area contributed by atoms with Gasteiger partial charge in [-0.2, -0.15) is 10.2 Å². The zero-order valence-electron chi connectivity index (χ0n) is 10.4. The van der Waals surface area contributed by atoms with Gasteiger partial charge in [0.15, 0.2) is 0 Å². The maximum absolute atomic E-state index is 8.85. The summed E-state index contributed by atoms with van der Waals surface area (Å²) in [6.45, 7) is 2.07. The van der Waals surface area contributed by atoms with Crippen molar-refractivity contribution in [2.75, 3.05) is 0 Å². The van der Waals surface area contributed by atoms with Crippen molar-refractivity contribution < 1.29 is 4.74 Å². The summed E-state index contributed by atoms with van der Waals surface area (Å²) in [4.78, 5) is 8.60. The molecule has 0 amide bonds. The number of ether oxygens (including phenoxy) is 1. The molecule has 4 nitrogen and oxygen atoms in total. The smallest absolute Gasteiger partial charge is 0.223 e. The van der Waals surface area contributed by atoms with Crippen molar-refractivity contribution in [2.45, 2.75) is 19.8 Å². The van der Waals surface area contributed by atoms with Crippen LogP contribution in [0.3, 0.4) is 0 Å². The largest absolute Gasteiger partial charge is 0.439 e. The van der Waals surface area contributed by atoms with Crippen molar-refractivity contribution >= 4 is 15.9 Å². The molecule has 0 saturated heterocycles. The summed E-state index contributed by atoms with van der Waals surface area (Å²) >= 11 is 3.34. The molecule has 0 fully saturated rings. The molecule has 2 aromatic rings. The van der Waals surface area contributed by atoms with E-state index in [1.54, 1.807) is 30.3 Å². The van der Waals surface area contributed by atoms with Crippen molar-refractivity contribution in [3.63, 3.8) is 0 Å². The number of halogens is 1. The van der Waals surface area contributed by atoms with Crippen LogP contribution in [-0.2, 0) is 6.42 Å². The lowest BCUT2D eigenvalue weighted by atomic mass is 10.2. The van der Waals surface area contributed by atoms with Gasteiger partial charge in [0.2, 0.25) is 5.88 Å². The molecule has 0 aliphatic carbocycles. The SMILES string of the molecule is CCCc1nc(Br)cc(Oc2cccc(C#N)c2)n1. The van der Waals surface area contributed by atoms with E-state index >= 15 is 0 Å². The van der Waals surface area contributed by atoms with E-state index in [1.165, 1.54) is 0 Å². The first-order chi connectivity index (χ1) is 9.21. The Labute approximate surface area is 120 Å². The van der Waals surface area contributed by atoms with Crippen LogP contribution in [0.2, 0.25) is 0 Å². The lowest BCUT2D eigenvalue weighted by molar-refractivity contribution is 0.457. The van der Waals surface area contributed by atoms with Crippen LogP contribution in [0.1, 0.15) is 24.7 Å². The molecule has 0 unspecified atom stereocenters. The summed E-state index contributed by atoms with van der Waals surface area (Å²) in [5, 5.41) is 8.85. The van der Waals surface area contributed by atoms with Gasteiger partial charge in [-0.05, 0) is 40.5 Å². The predicted molar refractivity (Wildman–Crippen MR) is 75.0 cm³/mol. The number of nitrogens with zero attached hydrogens (tertiary/aromatic N) is 3. The molecule has 0 atom stereocenters. The van der Waals surface area contributed by atoms with Crippen LogP contribution >= 0.6 is 15.9 Å². The van der Waals surface area contributed by atoms with Crippen LogP contribution in [0.4, 0.5) is 0 Å². The van der Waals surface area contributed by atoms with Gasteiger partial charge in [-0.1, -0.05) is 13.0 Å². The lowest BCUT2D eigenvalue weighted by Gasteiger charge is -2.07. The van der Waals surface area contributed by atoms with Gasteiger partial charge < -0.3 is 4.74 Å². The standard InChI is InChI=1S/C14H12BrN3O/c1-2-4-13-17-12(15)8-14(18-13)19-11-6-3-5-10(7-11)9-16/h3,5-8H,2,4H2,1H3. The normalized spacial score (nSPS) is 9.95. The van der Waals surface area contributed by atoms with Gasteiger partial charge in [-0.3, -0.25) is 0 Å². The quantitative estimate of drug-likeness (QED) is 0.803. The summed E-state index contributed by atoms with van der Waals surface area (Å²) in [6.07, 6.45) is 1.77. The van der Waals surface area contributed by atoms with Gasteiger partial charge in [0.25, 0.3) is 0 Å². The van der Waals surface area contributed by atoms with E-state index < -0.39 is 0 Å². The van der Waals surface area contributed by atoms with Crippen molar-refractivity contribution in [1.82, 2.24) is 9.97 Å². The highest BCUT2D eigenvalue weighted by Gasteiger charge is 2.05. The van der Waals surface area contributed by atoms with Gasteiger partial charge in [0.1, 0.15) is 16.2 Å². The monoisotopic (exact) mass is 317 g/mol. The molecule has 0 aliphatic rings. The Morgan fingerprint density at radius 1 is 1.32 bits per heavy atom. The third-order valence-electron chi connectivity index (χ3n) is 2.38. The molecule has 1 aromatic heterocycles. The van der Waals surface area contributed by atoms with Crippen molar-refractivity contribution in [2.24, 2.45) is 0 Å². The van der Waals surface area contributed by atoms with Crippen molar-refractivity contribution in [1.29, 1.82) is 5.26 Å². The van der Waals surface area contributed by atoms with E-state index in [4.69, 9.17) is 10.00 Å². The molecule has 0 bridgehead atoms. The number of hydrogen-bond donors (Lipinski definition) is 0. The second-order valence-corrected chi connectivity index (χ2v) is 4.75. The van der Waals surface area contributed by atoms with Gasteiger partial charge in [0.05, 0.1) is 11.6 Å². The van der Waals surface area contributed by atoms with Gasteiger partial charge in [-0.25, -0.2) is 4.98 Å². The number of rotatable bonds is 4. The maximum Gasteiger partial charge on any atom is 0.223 e. The third kappa shape index (κ3) is 3.76. The minimum absolute atomic E-state index is 0.473. The summed E-state index contributed by atoms with van der Waals surface area (Å²) in [5.41, 5.74) is 0.555. The highest BCUT2D eigenvalue weighted by atomic mass is 79.9. The lowest BCUT2D eigenvalue weighted by Crippen LogP contribution is -1.97. The van der Waals surface area contributed by atoms with Crippen LogP contribution in [0, 0.1) is 11.3 Å². The van der Waals surface area contributed by atoms with Gasteiger partial charge in [-0.15, -0.1) is 0 Å². The molecular weight excluding hydrogens is 306 g/mol. The Balaban J connectivity index is 2.25. The molecule has 0 spiro atoms. The fourth-order valence-electron chi connectivity index (χ4n) is 1.58. The summed E-state index contributed by atoms with van der Waals surface area (Å²) in [6, 6.07) is 10.7. The minimum Gasteiger partial charge on any atom is -0.439 e. The Morgan fingerprint density at radius 2 is 2.16 bits per heavy atom. The molecule has 0 saturated carbocycles. The summed E-state index contributed by atoms with van der Waals surface area (Å²) < 4.78 is 6.35. The van der Waals surface area contributed by atoms with E-state index in [0.29, 0.717) is 21.8 Å². The maximum atomic E-state index is 8.85. The number of nitriles is 1. The predicted octanol–water partition coefficient (Wildman–Crippen LogP) is 3.86. The Kier molecular flexibility index (Phi) is 4.48. The van der Waals surface area contributed by atoms with Crippen LogP contribution < -0.4 is 4.74 Å². The number of aromatic nitrogens is 2. The zero-order valence-corrected chi connectivity index (χ0v) is 12.0. The van der Waals surface area contributed by atoms with Gasteiger partial charge >= 0.3 is 0 Å². The molecule has 1 aromatic carbocycles. The first-order valence-electron chi connectivity index (χ1n) is 5.92. The Hall–Kier alpha value is -1.93. The third-order valence-corrected chi connectivity index (χ3v) is 2.78. The summed E-state index contributed by atoms with van der Waals surface area (Å²) in [5.74, 6) is 1.80. The fraction of sp³-hybridized carbons (Fsp3) is 0.214. The molecular formula is C14H12BrN3O. The molecule has 1 heterocycles. The average Bonchev–Trinajstić information content (AvgIpc) is 2.38. The molecule has 0 radical (unpaired) electrons. The van der Waals surface area contributed by atoms with E-state index in [2.05, 4.69) is 38.9 Å². The number of aryl methyl sites for hydroxylation is 1.